The van der Waals surface area contributed by atoms with Crippen LogP contribution in [-0.4, -0.2) is 29.9 Å². The third-order valence-corrected chi connectivity index (χ3v) is 6.81. The molecule has 2 aromatic carbocycles. The maximum Gasteiger partial charge on any atom is 0.172 e. The summed E-state index contributed by atoms with van der Waals surface area (Å²) in [5.41, 5.74) is 3.87. The Hall–Kier alpha value is -2.66. The number of aromatic hydroxyl groups is 1. The van der Waals surface area contributed by atoms with Gasteiger partial charge in [0.25, 0.3) is 0 Å². The van der Waals surface area contributed by atoms with E-state index in [1.807, 2.05) is 6.07 Å². The molecule has 5 nitrogen and oxygen atoms in total. The molecule has 0 radical (unpaired) electrons. The highest BCUT2D eigenvalue weighted by Crippen LogP contribution is 2.39. The number of thiophene rings is 1. The minimum Gasteiger partial charge on any atom is -0.503 e. The maximum atomic E-state index is 9.97. The van der Waals surface area contributed by atoms with E-state index in [0.717, 1.165) is 42.2 Å². The molecule has 3 aromatic rings. The molecule has 0 aliphatic carbocycles. The van der Waals surface area contributed by atoms with Crippen molar-refractivity contribution in [1.82, 2.24) is 4.90 Å². The number of methoxy groups -OCH3 is 1. The molecular formula is C23H20BrN3O2S. The van der Waals surface area contributed by atoms with E-state index in [4.69, 9.17) is 4.74 Å². The van der Waals surface area contributed by atoms with Crippen LogP contribution in [-0.2, 0) is 19.5 Å². The van der Waals surface area contributed by atoms with Crippen molar-refractivity contribution < 1.29 is 9.84 Å². The lowest BCUT2D eigenvalue weighted by molar-refractivity contribution is 0.249. The van der Waals surface area contributed by atoms with Crippen LogP contribution in [0.15, 0.2) is 51.9 Å². The van der Waals surface area contributed by atoms with Crippen LogP contribution in [0.5, 0.6) is 11.5 Å². The fraction of sp³-hybridized carbons (Fsp3) is 0.217. The fourth-order valence-electron chi connectivity index (χ4n) is 3.58. The molecule has 7 heteroatoms. The number of nitriles is 1. The summed E-state index contributed by atoms with van der Waals surface area (Å²) in [7, 11) is 1.50. The van der Waals surface area contributed by atoms with E-state index in [1.54, 1.807) is 29.7 Å². The molecule has 1 aliphatic heterocycles. The second kappa shape index (κ2) is 9.00. The number of phenols is 1. The third-order valence-electron chi connectivity index (χ3n) is 5.08. The summed E-state index contributed by atoms with van der Waals surface area (Å²) < 4.78 is 5.73. The number of hydrogen-bond acceptors (Lipinski definition) is 6. The van der Waals surface area contributed by atoms with Gasteiger partial charge in [-0.3, -0.25) is 4.90 Å². The van der Waals surface area contributed by atoms with Gasteiger partial charge in [0.15, 0.2) is 11.5 Å². The van der Waals surface area contributed by atoms with Crippen LogP contribution >= 0.6 is 27.3 Å². The third kappa shape index (κ3) is 4.26. The van der Waals surface area contributed by atoms with Crippen LogP contribution in [0, 0.1) is 11.3 Å². The molecule has 0 saturated heterocycles. The molecular weight excluding hydrogens is 462 g/mol. The van der Waals surface area contributed by atoms with Crippen LogP contribution in [0.1, 0.15) is 27.1 Å². The van der Waals surface area contributed by atoms with E-state index in [0.29, 0.717) is 15.8 Å². The number of rotatable bonds is 5. The fourth-order valence-corrected chi connectivity index (χ4v) is 5.23. The topological polar surface area (TPSA) is 68.8 Å². The van der Waals surface area contributed by atoms with Gasteiger partial charge >= 0.3 is 0 Å². The highest BCUT2D eigenvalue weighted by atomic mass is 79.9. The summed E-state index contributed by atoms with van der Waals surface area (Å²) in [6.45, 7) is 2.66. The number of nitrogens with zero attached hydrogens (tertiary/aromatic N) is 3. The highest BCUT2D eigenvalue weighted by Gasteiger charge is 2.24. The first-order valence-electron chi connectivity index (χ1n) is 9.50. The molecule has 0 spiro atoms. The van der Waals surface area contributed by atoms with Crippen molar-refractivity contribution >= 4 is 38.5 Å². The molecule has 0 unspecified atom stereocenters. The monoisotopic (exact) mass is 481 g/mol. The summed E-state index contributed by atoms with van der Waals surface area (Å²) in [5, 5.41) is 20.4. The van der Waals surface area contributed by atoms with Crippen molar-refractivity contribution in [3.63, 3.8) is 0 Å². The first-order valence-corrected chi connectivity index (χ1v) is 11.1. The number of hydrogen-bond donors (Lipinski definition) is 1. The lowest BCUT2D eigenvalue weighted by atomic mass is 10.0. The Bertz CT molecular complexity index is 1140. The lowest BCUT2D eigenvalue weighted by Crippen LogP contribution is -2.29. The number of ether oxygens (including phenoxy) is 1. The summed E-state index contributed by atoms with van der Waals surface area (Å²) in [6.07, 6.45) is 2.56. The van der Waals surface area contributed by atoms with Crippen molar-refractivity contribution in [1.29, 1.82) is 5.26 Å². The molecule has 0 amide bonds. The van der Waals surface area contributed by atoms with E-state index in [2.05, 4.69) is 56.2 Å². The maximum absolute atomic E-state index is 9.97. The number of fused-ring (bicyclic) bond motifs is 1. The molecule has 30 heavy (non-hydrogen) atoms. The zero-order valence-electron chi connectivity index (χ0n) is 16.4. The van der Waals surface area contributed by atoms with Gasteiger partial charge in [0.1, 0.15) is 11.1 Å². The van der Waals surface area contributed by atoms with E-state index in [-0.39, 0.29) is 5.75 Å². The molecule has 4 rings (SSSR count). The predicted molar refractivity (Wildman–Crippen MR) is 123 cm³/mol. The Balaban J connectivity index is 1.57. The molecule has 152 valence electrons. The van der Waals surface area contributed by atoms with Gasteiger partial charge in [-0.25, -0.2) is 4.99 Å². The largest absolute Gasteiger partial charge is 0.503 e. The van der Waals surface area contributed by atoms with Gasteiger partial charge in [-0.05, 0) is 51.2 Å². The first-order chi connectivity index (χ1) is 14.6. The molecule has 1 N–H and O–H groups in total. The van der Waals surface area contributed by atoms with Crippen molar-refractivity contribution in [2.45, 2.75) is 19.5 Å². The van der Waals surface area contributed by atoms with Crippen molar-refractivity contribution in [2.75, 3.05) is 13.7 Å². The van der Waals surface area contributed by atoms with Crippen molar-refractivity contribution in [3.8, 4) is 17.6 Å². The smallest absolute Gasteiger partial charge is 0.172 e. The van der Waals surface area contributed by atoms with Gasteiger partial charge in [-0.2, -0.15) is 5.26 Å². The zero-order valence-corrected chi connectivity index (χ0v) is 18.8. The minimum absolute atomic E-state index is 0.0532. The Morgan fingerprint density at radius 2 is 2.13 bits per heavy atom. The standard InChI is InChI=1S/C23H20BrN3O2S/c1-29-20-10-16(9-19(24)22(20)28)12-26-23-18(11-25)17-7-8-27(14-21(17)30-23)13-15-5-3-2-4-6-15/h2-6,9-10,12,28H,7-8,13-14H2,1H3. The Morgan fingerprint density at radius 1 is 1.33 bits per heavy atom. The second-order valence-corrected chi connectivity index (χ2v) is 8.99. The molecule has 0 fully saturated rings. The van der Waals surface area contributed by atoms with E-state index in [1.165, 1.54) is 17.6 Å². The number of phenolic OH excluding ortho intramolecular Hbond substituents is 1. The van der Waals surface area contributed by atoms with Gasteiger partial charge in [0.2, 0.25) is 0 Å². The lowest BCUT2D eigenvalue weighted by Gasteiger charge is -2.26. The second-order valence-electron chi connectivity index (χ2n) is 7.05. The number of benzene rings is 2. The molecule has 1 aromatic heterocycles. The van der Waals surface area contributed by atoms with Gasteiger partial charge < -0.3 is 9.84 Å². The summed E-state index contributed by atoms with van der Waals surface area (Å²) in [5.74, 6) is 0.422. The quantitative estimate of drug-likeness (QED) is 0.494. The van der Waals surface area contributed by atoms with Crippen LogP contribution in [0.4, 0.5) is 5.00 Å². The molecule has 0 saturated carbocycles. The van der Waals surface area contributed by atoms with Crippen LogP contribution in [0.3, 0.4) is 0 Å². The normalized spacial score (nSPS) is 13.9. The zero-order chi connectivity index (χ0) is 21.1. The average molecular weight is 482 g/mol. The van der Waals surface area contributed by atoms with Crippen LogP contribution < -0.4 is 4.74 Å². The molecule has 2 heterocycles. The highest BCUT2D eigenvalue weighted by molar-refractivity contribution is 9.10. The number of aliphatic imine (C=N–C) groups is 1. The SMILES string of the molecule is COc1cc(C=Nc2sc3c(c2C#N)CCN(Cc2ccccc2)C3)cc(Br)c1O. The van der Waals surface area contributed by atoms with Crippen LogP contribution in [0.25, 0.3) is 0 Å². The van der Waals surface area contributed by atoms with E-state index in [9.17, 15) is 10.4 Å². The van der Waals surface area contributed by atoms with Gasteiger partial charge in [0.05, 0.1) is 17.1 Å². The first kappa shape index (κ1) is 20.6. The summed E-state index contributed by atoms with van der Waals surface area (Å²) in [6, 6.07) is 16.3. The predicted octanol–water partition coefficient (Wildman–Crippen LogP) is 5.41. The minimum atomic E-state index is 0.0532. The van der Waals surface area contributed by atoms with Gasteiger partial charge in [-0.15, -0.1) is 11.3 Å². The molecule has 1 aliphatic rings. The van der Waals surface area contributed by atoms with E-state index >= 15 is 0 Å². The Kier molecular flexibility index (Phi) is 6.18. The summed E-state index contributed by atoms with van der Waals surface area (Å²) >= 11 is 4.91. The van der Waals surface area contributed by atoms with E-state index < -0.39 is 0 Å². The average Bonchev–Trinajstić information content (AvgIpc) is 3.11. The van der Waals surface area contributed by atoms with Gasteiger partial charge in [0, 0.05) is 30.7 Å². The van der Waals surface area contributed by atoms with Crippen LogP contribution in [0.2, 0.25) is 0 Å². The Morgan fingerprint density at radius 3 is 2.87 bits per heavy atom. The number of halogens is 1. The molecule has 0 atom stereocenters. The Labute approximate surface area is 188 Å². The van der Waals surface area contributed by atoms with Gasteiger partial charge in [-0.1, -0.05) is 30.3 Å². The van der Waals surface area contributed by atoms with Crippen molar-refractivity contribution in [2.24, 2.45) is 4.99 Å². The molecule has 0 bridgehead atoms. The summed E-state index contributed by atoms with van der Waals surface area (Å²) in [4.78, 5) is 8.22. The van der Waals surface area contributed by atoms with Crippen molar-refractivity contribution in [3.05, 3.63) is 74.1 Å².